The van der Waals surface area contributed by atoms with Gasteiger partial charge in [-0.3, -0.25) is 4.79 Å². The van der Waals surface area contributed by atoms with E-state index in [4.69, 9.17) is 9.15 Å². The number of methoxy groups -OCH3 is 1. The fraction of sp³-hybridized carbons (Fsp3) is 0.211. The van der Waals surface area contributed by atoms with Gasteiger partial charge in [0.05, 0.1) is 7.11 Å². The van der Waals surface area contributed by atoms with Gasteiger partial charge in [-0.2, -0.15) is 0 Å². The summed E-state index contributed by atoms with van der Waals surface area (Å²) in [6, 6.07) is 13.1. The van der Waals surface area contributed by atoms with E-state index in [0.717, 1.165) is 28.1 Å². The number of furan rings is 1. The van der Waals surface area contributed by atoms with Gasteiger partial charge < -0.3 is 19.4 Å². The second-order valence-electron chi connectivity index (χ2n) is 5.81. The molecule has 124 valence electrons. The third kappa shape index (κ3) is 2.93. The van der Waals surface area contributed by atoms with Crippen molar-refractivity contribution in [3.05, 3.63) is 53.8 Å². The van der Waals surface area contributed by atoms with Crippen LogP contribution in [0.3, 0.4) is 0 Å². The van der Waals surface area contributed by atoms with Crippen LogP contribution in [-0.4, -0.2) is 27.1 Å². The number of benzene rings is 2. The van der Waals surface area contributed by atoms with Crippen molar-refractivity contribution in [2.75, 3.05) is 31.4 Å². The summed E-state index contributed by atoms with van der Waals surface area (Å²) in [5, 5.41) is 3.75. The quantitative estimate of drug-likeness (QED) is 0.786. The Morgan fingerprint density at radius 3 is 2.46 bits per heavy atom. The highest BCUT2D eigenvalue weighted by Gasteiger charge is 2.18. The fourth-order valence-electron chi connectivity index (χ4n) is 2.57. The predicted molar refractivity (Wildman–Crippen MR) is 96.2 cm³/mol. The third-order valence-electron chi connectivity index (χ3n) is 3.99. The highest BCUT2D eigenvalue weighted by Crippen LogP contribution is 2.29. The highest BCUT2D eigenvalue weighted by molar-refractivity contribution is 6.06. The molecule has 2 aromatic carbocycles. The van der Waals surface area contributed by atoms with Crippen molar-refractivity contribution in [1.29, 1.82) is 0 Å². The number of fused-ring (bicyclic) bond motifs is 1. The summed E-state index contributed by atoms with van der Waals surface area (Å²) in [5.41, 5.74) is 3.26. The van der Waals surface area contributed by atoms with E-state index in [2.05, 4.69) is 5.32 Å². The largest absolute Gasteiger partial charge is 0.497 e. The van der Waals surface area contributed by atoms with Crippen molar-refractivity contribution < 1.29 is 13.9 Å². The van der Waals surface area contributed by atoms with Gasteiger partial charge in [-0.1, -0.05) is 0 Å². The number of hydrogen-bond donors (Lipinski definition) is 1. The molecule has 0 aliphatic carbocycles. The minimum Gasteiger partial charge on any atom is -0.497 e. The van der Waals surface area contributed by atoms with Crippen molar-refractivity contribution in [3.63, 3.8) is 0 Å². The maximum atomic E-state index is 12.5. The van der Waals surface area contributed by atoms with Crippen molar-refractivity contribution in [2.24, 2.45) is 0 Å². The Hall–Kier alpha value is -2.95. The Balaban J connectivity index is 1.87. The number of anilines is 2. The number of amides is 1. The smallest absolute Gasteiger partial charge is 0.291 e. The van der Waals surface area contributed by atoms with Crippen LogP contribution < -0.4 is 15.0 Å². The first-order valence-electron chi connectivity index (χ1n) is 7.65. The molecule has 0 unspecified atom stereocenters. The van der Waals surface area contributed by atoms with Gasteiger partial charge in [-0.15, -0.1) is 0 Å². The Kier molecular flexibility index (Phi) is 4.16. The number of nitrogens with one attached hydrogen (secondary N) is 1. The second-order valence-corrected chi connectivity index (χ2v) is 5.81. The number of nitrogens with zero attached hydrogens (tertiary/aromatic N) is 1. The molecular formula is C19H20N2O3. The molecule has 1 aromatic heterocycles. The van der Waals surface area contributed by atoms with E-state index < -0.39 is 0 Å². The van der Waals surface area contributed by atoms with Crippen molar-refractivity contribution >= 4 is 28.3 Å². The number of ether oxygens (including phenoxy) is 1. The van der Waals surface area contributed by atoms with Gasteiger partial charge >= 0.3 is 0 Å². The lowest BCUT2D eigenvalue weighted by atomic mass is 10.1. The monoisotopic (exact) mass is 324 g/mol. The van der Waals surface area contributed by atoms with Gasteiger partial charge in [0.2, 0.25) is 0 Å². The van der Waals surface area contributed by atoms with Crippen LogP contribution >= 0.6 is 0 Å². The zero-order valence-corrected chi connectivity index (χ0v) is 14.2. The molecule has 0 aliphatic heterocycles. The summed E-state index contributed by atoms with van der Waals surface area (Å²) in [4.78, 5) is 14.5. The van der Waals surface area contributed by atoms with Gasteiger partial charge in [-0.25, -0.2) is 0 Å². The number of carbonyl (C=O) groups is 1. The van der Waals surface area contributed by atoms with Crippen LogP contribution in [0.25, 0.3) is 11.0 Å². The molecular weight excluding hydrogens is 304 g/mol. The molecule has 0 saturated carbocycles. The first kappa shape index (κ1) is 15.9. The molecule has 0 aliphatic rings. The lowest BCUT2D eigenvalue weighted by Gasteiger charge is -2.12. The molecule has 3 rings (SSSR count). The molecule has 3 aromatic rings. The lowest BCUT2D eigenvalue weighted by molar-refractivity contribution is 0.0998. The summed E-state index contributed by atoms with van der Waals surface area (Å²) in [7, 11) is 5.56. The molecule has 0 fully saturated rings. The summed E-state index contributed by atoms with van der Waals surface area (Å²) < 4.78 is 10.9. The molecule has 0 spiro atoms. The SMILES string of the molecule is COc1ccc2oc(C(=O)Nc3ccc(N(C)C)cc3)c(C)c2c1. The van der Waals surface area contributed by atoms with E-state index in [1.54, 1.807) is 7.11 Å². The van der Waals surface area contributed by atoms with E-state index in [0.29, 0.717) is 11.3 Å². The zero-order valence-electron chi connectivity index (χ0n) is 14.2. The van der Waals surface area contributed by atoms with Crippen LogP contribution in [0, 0.1) is 6.92 Å². The van der Waals surface area contributed by atoms with Crippen LogP contribution in [-0.2, 0) is 0 Å². The molecule has 0 saturated heterocycles. The first-order valence-corrected chi connectivity index (χ1v) is 7.65. The van der Waals surface area contributed by atoms with Gasteiger partial charge in [0.15, 0.2) is 5.76 Å². The number of hydrogen-bond acceptors (Lipinski definition) is 4. The first-order chi connectivity index (χ1) is 11.5. The Morgan fingerprint density at radius 2 is 1.83 bits per heavy atom. The second kappa shape index (κ2) is 6.28. The van der Waals surface area contributed by atoms with Crippen LogP contribution in [0.2, 0.25) is 0 Å². The normalized spacial score (nSPS) is 10.7. The highest BCUT2D eigenvalue weighted by atomic mass is 16.5. The van der Waals surface area contributed by atoms with Crippen LogP contribution in [0.4, 0.5) is 11.4 Å². The fourth-order valence-corrected chi connectivity index (χ4v) is 2.57. The molecule has 0 bridgehead atoms. The molecule has 1 amide bonds. The molecule has 24 heavy (non-hydrogen) atoms. The average molecular weight is 324 g/mol. The summed E-state index contributed by atoms with van der Waals surface area (Å²) in [6.45, 7) is 1.87. The topological polar surface area (TPSA) is 54.7 Å². The minimum atomic E-state index is -0.264. The average Bonchev–Trinajstić information content (AvgIpc) is 2.91. The Labute approximate surface area is 140 Å². The predicted octanol–water partition coefficient (Wildman–Crippen LogP) is 4.07. The van der Waals surface area contributed by atoms with Gasteiger partial charge in [0, 0.05) is 36.4 Å². The third-order valence-corrected chi connectivity index (χ3v) is 3.99. The van der Waals surface area contributed by atoms with Gasteiger partial charge in [0.25, 0.3) is 5.91 Å². The van der Waals surface area contributed by atoms with E-state index in [9.17, 15) is 4.79 Å². The van der Waals surface area contributed by atoms with Crippen LogP contribution in [0.1, 0.15) is 16.1 Å². The zero-order chi connectivity index (χ0) is 17.3. The van der Waals surface area contributed by atoms with E-state index >= 15 is 0 Å². The maximum Gasteiger partial charge on any atom is 0.291 e. The number of aryl methyl sites for hydroxylation is 1. The summed E-state index contributed by atoms with van der Waals surface area (Å²) in [5.74, 6) is 0.785. The standard InChI is InChI=1S/C19H20N2O3/c1-12-16-11-15(23-4)9-10-17(16)24-18(12)19(22)20-13-5-7-14(8-6-13)21(2)3/h5-11H,1-4H3,(H,20,22). The van der Waals surface area contributed by atoms with Gasteiger partial charge in [0.1, 0.15) is 11.3 Å². The van der Waals surface area contributed by atoms with E-state index in [1.165, 1.54) is 0 Å². The van der Waals surface area contributed by atoms with E-state index in [1.807, 2.05) is 68.4 Å². The Bertz CT molecular complexity index is 880. The molecule has 5 nitrogen and oxygen atoms in total. The van der Waals surface area contributed by atoms with E-state index in [-0.39, 0.29) is 5.91 Å². The Morgan fingerprint density at radius 1 is 1.12 bits per heavy atom. The number of carbonyl (C=O) groups excluding carboxylic acids is 1. The van der Waals surface area contributed by atoms with Crippen LogP contribution in [0.15, 0.2) is 46.9 Å². The van der Waals surface area contributed by atoms with Gasteiger partial charge in [-0.05, 0) is 49.4 Å². The maximum absolute atomic E-state index is 12.5. The molecule has 5 heteroatoms. The lowest BCUT2D eigenvalue weighted by Crippen LogP contribution is -2.12. The summed E-state index contributed by atoms with van der Waals surface area (Å²) >= 11 is 0. The molecule has 1 heterocycles. The number of rotatable bonds is 4. The summed E-state index contributed by atoms with van der Waals surface area (Å²) in [6.07, 6.45) is 0. The van der Waals surface area contributed by atoms with Crippen molar-refractivity contribution in [2.45, 2.75) is 6.92 Å². The molecule has 0 radical (unpaired) electrons. The minimum absolute atomic E-state index is 0.264. The van der Waals surface area contributed by atoms with Crippen molar-refractivity contribution in [3.8, 4) is 5.75 Å². The molecule has 0 atom stereocenters. The molecule has 1 N–H and O–H groups in total. The van der Waals surface area contributed by atoms with Crippen molar-refractivity contribution in [1.82, 2.24) is 0 Å². The van der Waals surface area contributed by atoms with Crippen LogP contribution in [0.5, 0.6) is 5.75 Å².